The number of aromatic amines is 1. The Morgan fingerprint density at radius 1 is 1.17 bits per heavy atom. The molecular formula is C22H32N6OS. The maximum absolute atomic E-state index is 10.7. The molecule has 3 N–H and O–H groups in total. The van der Waals surface area contributed by atoms with Crippen molar-refractivity contribution in [1.82, 2.24) is 25.4 Å². The lowest BCUT2D eigenvalue weighted by Gasteiger charge is -2.42. The molecule has 2 atom stereocenters. The number of rotatable bonds is 6. The van der Waals surface area contributed by atoms with Crippen LogP contribution in [0.5, 0.6) is 0 Å². The summed E-state index contributed by atoms with van der Waals surface area (Å²) in [4.78, 5) is 8.07. The molecule has 1 aliphatic rings. The van der Waals surface area contributed by atoms with Crippen molar-refractivity contribution in [2.75, 3.05) is 31.1 Å². The Kier molecular flexibility index (Phi) is 6.11. The third kappa shape index (κ3) is 4.67. The Bertz CT molecular complexity index is 969. The van der Waals surface area contributed by atoms with Crippen LogP contribution in [0.3, 0.4) is 0 Å². The van der Waals surface area contributed by atoms with E-state index in [0.717, 1.165) is 43.2 Å². The van der Waals surface area contributed by atoms with Crippen molar-refractivity contribution in [3.05, 3.63) is 41.0 Å². The summed E-state index contributed by atoms with van der Waals surface area (Å²) in [5.41, 5.74) is 2.58. The number of benzene rings is 1. The SMILES string of the molecule is CC(Cc1c[nH]c2ccccc12)NC(O)c1nnc(N2CCN(C(C)(C)C)CC2)s1. The lowest BCUT2D eigenvalue weighted by molar-refractivity contribution is 0.125. The van der Waals surface area contributed by atoms with Crippen LogP contribution >= 0.6 is 11.3 Å². The molecule has 0 radical (unpaired) electrons. The zero-order valence-corrected chi connectivity index (χ0v) is 19.0. The standard InChI is InChI=1S/C22H32N6OS/c1-15(13-16-14-23-18-8-6-5-7-17(16)18)24-19(29)20-25-26-21(30-20)27-9-11-28(12-10-27)22(2,3)4/h5-8,14-15,19,23-24,29H,9-13H2,1-4H3. The van der Waals surface area contributed by atoms with Crippen LogP contribution in [-0.4, -0.2) is 62.9 Å². The minimum atomic E-state index is -0.813. The van der Waals surface area contributed by atoms with Gasteiger partial charge >= 0.3 is 0 Å². The zero-order valence-electron chi connectivity index (χ0n) is 18.2. The summed E-state index contributed by atoms with van der Waals surface area (Å²) in [5, 5.41) is 25.3. The molecule has 1 aromatic carbocycles. The predicted molar refractivity (Wildman–Crippen MR) is 123 cm³/mol. The summed E-state index contributed by atoms with van der Waals surface area (Å²) in [6.45, 7) is 12.8. The van der Waals surface area contributed by atoms with E-state index in [1.807, 2.05) is 6.07 Å². The molecule has 0 aliphatic carbocycles. The second-order valence-electron chi connectivity index (χ2n) is 9.10. The Balaban J connectivity index is 1.33. The van der Waals surface area contributed by atoms with Gasteiger partial charge in [-0.25, -0.2) is 0 Å². The number of nitrogens with zero attached hydrogens (tertiary/aromatic N) is 4. The Morgan fingerprint density at radius 3 is 2.63 bits per heavy atom. The van der Waals surface area contributed by atoms with Crippen molar-refractivity contribution in [3.63, 3.8) is 0 Å². The summed E-state index contributed by atoms with van der Waals surface area (Å²) >= 11 is 1.48. The van der Waals surface area contributed by atoms with Crippen molar-refractivity contribution in [3.8, 4) is 0 Å². The van der Waals surface area contributed by atoms with Gasteiger partial charge in [0.15, 0.2) is 11.2 Å². The highest BCUT2D eigenvalue weighted by atomic mass is 32.1. The topological polar surface area (TPSA) is 80.3 Å². The van der Waals surface area contributed by atoms with E-state index < -0.39 is 6.23 Å². The van der Waals surface area contributed by atoms with Gasteiger partial charge in [-0.15, -0.1) is 10.2 Å². The van der Waals surface area contributed by atoms with Gasteiger partial charge in [-0.05, 0) is 45.7 Å². The van der Waals surface area contributed by atoms with Crippen molar-refractivity contribution < 1.29 is 5.11 Å². The normalized spacial score (nSPS) is 18.1. The van der Waals surface area contributed by atoms with Crippen LogP contribution in [-0.2, 0) is 6.42 Å². The van der Waals surface area contributed by atoms with E-state index in [1.165, 1.54) is 22.3 Å². The predicted octanol–water partition coefficient (Wildman–Crippen LogP) is 3.15. The highest BCUT2D eigenvalue weighted by Crippen LogP contribution is 2.27. The lowest BCUT2D eigenvalue weighted by atomic mass is 10.1. The molecule has 4 rings (SSSR count). The third-order valence-electron chi connectivity index (χ3n) is 5.81. The van der Waals surface area contributed by atoms with Crippen molar-refractivity contribution in [1.29, 1.82) is 0 Å². The fourth-order valence-electron chi connectivity index (χ4n) is 4.06. The molecule has 162 valence electrons. The Labute approximate surface area is 182 Å². The molecule has 0 saturated carbocycles. The Hall–Kier alpha value is -2.00. The molecule has 1 saturated heterocycles. The van der Waals surface area contributed by atoms with Gasteiger partial charge in [0.1, 0.15) is 0 Å². The van der Waals surface area contributed by atoms with Crippen LogP contribution in [0.2, 0.25) is 0 Å². The van der Waals surface area contributed by atoms with E-state index in [2.05, 4.69) is 82.4 Å². The van der Waals surface area contributed by atoms with Crippen LogP contribution in [0.4, 0.5) is 5.13 Å². The van der Waals surface area contributed by atoms with Gasteiger partial charge in [-0.3, -0.25) is 10.2 Å². The molecule has 3 heterocycles. The average molecular weight is 429 g/mol. The van der Waals surface area contributed by atoms with E-state index in [9.17, 15) is 5.11 Å². The highest BCUT2D eigenvalue weighted by Gasteiger charge is 2.27. The van der Waals surface area contributed by atoms with E-state index in [1.54, 1.807) is 0 Å². The fraction of sp³-hybridized carbons (Fsp3) is 0.545. The summed E-state index contributed by atoms with van der Waals surface area (Å²) in [6.07, 6.45) is 2.06. The number of hydrogen-bond acceptors (Lipinski definition) is 7. The molecule has 7 nitrogen and oxygen atoms in total. The summed E-state index contributed by atoms with van der Waals surface area (Å²) in [5.74, 6) is 0. The minimum absolute atomic E-state index is 0.0990. The van der Waals surface area contributed by atoms with E-state index in [-0.39, 0.29) is 11.6 Å². The molecule has 2 aromatic heterocycles. The quantitative estimate of drug-likeness (QED) is 0.524. The molecule has 1 fully saturated rings. The molecule has 2 unspecified atom stereocenters. The van der Waals surface area contributed by atoms with Gasteiger partial charge in [-0.1, -0.05) is 29.5 Å². The number of anilines is 1. The van der Waals surface area contributed by atoms with Gasteiger partial charge in [0.2, 0.25) is 5.13 Å². The molecule has 0 spiro atoms. The minimum Gasteiger partial charge on any atom is -0.372 e. The van der Waals surface area contributed by atoms with Crippen molar-refractivity contribution in [2.45, 2.75) is 51.9 Å². The van der Waals surface area contributed by atoms with Crippen molar-refractivity contribution in [2.24, 2.45) is 0 Å². The average Bonchev–Trinajstić information content (AvgIpc) is 3.35. The fourth-order valence-corrected chi connectivity index (χ4v) is 4.91. The van der Waals surface area contributed by atoms with Gasteiger partial charge in [0, 0.05) is 54.9 Å². The Morgan fingerprint density at radius 2 is 1.90 bits per heavy atom. The molecule has 0 amide bonds. The first-order chi connectivity index (χ1) is 14.3. The molecule has 1 aliphatic heterocycles. The smallest absolute Gasteiger partial charge is 0.208 e. The van der Waals surface area contributed by atoms with Crippen molar-refractivity contribution >= 4 is 27.4 Å². The van der Waals surface area contributed by atoms with Crippen LogP contribution in [0.15, 0.2) is 30.5 Å². The number of nitrogens with one attached hydrogen (secondary N) is 2. The molecular weight excluding hydrogens is 396 g/mol. The number of hydrogen-bond donors (Lipinski definition) is 3. The van der Waals surface area contributed by atoms with Crippen LogP contribution < -0.4 is 10.2 Å². The van der Waals surface area contributed by atoms with Crippen LogP contribution in [0.25, 0.3) is 10.9 Å². The number of H-pyrrole nitrogens is 1. The molecule has 3 aromatic rings. The largest absolute Gasteiger partial charge is 0.372 e. The number of fused-ring (bicyclic) bond motifs is 1. The van der Waals surface area contributed by atoms with Crippen LogP contribution in [0, 0.1) is 0 Å². The molecule has 0 bridgehead atoms. The van der Waals surface area contributed by atoms with Crippen LogP contribution in [0.1, 0.15) is 44.5 Å². The number of para-hydroxylation sites is 1. The van der Waals surface area contributed by atoms with Gasteiger partial charge in [0.05, 0.1) is 0 Å². The summed E-state index contributed by atoms with van der Waals surface area (Å²) < 4.78 is 0. The zero-order chi connectivity index (χ0) is 21.3. The number of aliphatic hydroxyl groups is 1. The van der Waals surface area contributed by atoms with Gasteiger partial charge in [0.25, 0.3) is 0 Å². The molecule has 8 heteroatoms. The van der Waals surface area contributed by atoms with E-state index >= 15 is 0 Å². The second kappa shape index (κ2) is 8.63. The highest BCUT2D eigenvalue weighted by molar-refractivity contribution is 7.15. The maximum atomic E-state index is 10.7. The summed E-state index contributed by atoms with van der Waals surface area (Å²) in [7, 11) is 0. The first-order valence-corrected chi connectivity index (χ1v) is 11.5. The second-order valence-corrected chi connectivity index (χ2v) is 10.1. The number of aliphatic hydroxyl groups excluding tert-OH is 1. The first-order valence-electron chi connectivity index (χ1n) is 10.6. The third-order valence-corrected chi connectivity index (χ3v) is 6.84. The van der Waals surface area contributed by atoms with E-state index in [4.69, 9.17) is 0 Å². The number of piperazine rings is 1. The lowest BCUT2D eigenvalue weighted by Crippen LogP contribution is -2.53. The number of aromatic nitrogens is 3. The van der Waals surface area contributed by atoms with E-state index in [0.29, 0.717) is 5.01 Å². The summed E-state index contributed by atoms with van der Waals surface area (Å²) in [6, 6.07) is 8.39. The first kappa shape index (κ1) is 21.2. The van der Waals surface area contributed by atoms with Gasteiger partial charge in [-0.2, -0.15) is 0 Å². The monoisotopic (exact) mass is 428 g/mol. The molecule has 30 heavy (non-hydrogen) atoms. The maximum Gasteiger partial charge on any atom is 0.208 e. The van der Waals surface area contributed by atoms with Gasteiger partial charge < -0.3 is 15.0 Å².